The Morgan fingerprint density at radius 3 is 2.08 bits per heavy atom. The molecule has 1 fully saturated rings. The van der Waals surface area contributed by atoms with E-state index >= 15 is 0 Å². The molecular weight excluding hydrogens is 186 g/mol. The Balaban J connectivity index is 3.07. The maximum Gasteiger partial charge on any atom is 0.234 e. The fraction of sp³-hybridized carbons (Fsp3) is 0.778. The van der Waals surface area contributed by atoms with Gasteiger partial charge in [0.25, 0.3) is 0 Å². The summed E-state index contributed by atoms with van der Waals surface area (Å²) >= 11 is 1.59. The molecular formula is C9H15NO2S. The number of rotatable bonds is 2. The maximum atomic E-state index is 11.6. The summed E-state index contributed by atoms with van der Waals surface area (Å²) in [5.41, 5.74) is -1.16. The average molecular weight is 201 g/mol. The largest absolute Gasteiger partial charge is 0.295 e. The van der Waals surface area contributed by atoms with Crippen LogP contribution in [0.25, 0.3) is 0 Å². The minimum atomic E-state index is -0.590. The molecule has 74 valence electrons. The first-order chi connectivity index (χ1) is 5.86. The zero-order chi connectivity index (χ0) is 10.3. The molecule has 2 amide bonds. The van der Waals surface area contributed by atoms with Crippen LogP contribution in [0.15, 0.2) is 0 Å². The first-order valence-electron chi connectivity index (χ1n) is 4.21. The van der Waals surface area contributed by atoms with Crippen molar-refractivity contribution in [1.29, 1.82) is 0 Å². The lowest BCUT2D eigenvalue weighted by Crippen LogP contribution is -2.40. The van der Waals surface area contributed by atoms with E-state index in [1.807, 2.05) is 27.0 Å². The minimum Gasteiger partial charge on any atom is -0.295 e. The van der Waals surface area contributed by atoms with Crippen molar-refractivity contribution in [2.45, 2.75) is 20.8 Å². The highest BCUT2D eigenvalue weighted by Crippen LogP contribution is 2.45. The molecule has 3 nitrogen and oxygen atoms in total. The van der Waals surface area contributed by atoms with Crippen molar-refractivity contribution in [3.05, 3.63) is 0 Å². The molecule has 0 spiro atoms. The van der Waals surface area contributed by atoms with Gasteiger partial charge >= 0.3 is 0 Å². The third-order valence-electron chi connectivity index (χ3n) is 3.11. The predicted molar refractivity (Wildman–Crippen MR) is 53.4 cm³/mol. The van der Waals surface area contributed by atoms with E-state index in [0.29, 0.717) is 5.75 Å². The average Bonchev–Trinajstić information content (AvgIpc) is 2.15. The van der Waals surface area contributed by atoms with Crippen molar-refractivity contribution in [3.63, 3.8) is 0 Å². The van der Waals surface area contributed by atoms with Gasteiger partial charge in [-0.25, -0.2) is 0 Å². The number of carbonyl (C=O) groups is 2. The lowest BCUT2D eigenvalue weighted by atomic mass is 9.70. The van der Waals surface area contributed by atoms with E-state index in [-0.39, 0.29) is 11.8 Å². The van der Waals surface area contributed by atoms with Crippen LogP contribution in [0.1, 0.15) is 20.8 Å². The smallest absolute Gasteiger partial charge is 0.234 e. The minimum absolute atomic E-state index is 0.142. The second kappa shape index (κ2) is 3.01. The van der Waals surface area contributed by atoms with Crippen molar-refractivity contribution >= 4 is 23.6 Å². The van der Waals surface area contributed by atoms with Gasteiger partial charge in [0.1, 0.15) is 0 Å². The van der Waals surface area contributed by atoms with Gasteiger partial charge in [-0.15, -0.1) is 0 Å². The zero-order valence-corrected chi connectivity index (χ0v) is 9.25. The maximum absolute atomic E-state index is 11.6. The van der Waals surface area contributed by atoms with Gasteiger partial charge in [-0.3, -0.25) is 14.9 Å². The van der Waals surface area contributed by atoms with Crippen LogP contribution < -0.4 is 5.32 Å². The molecule has 0 aliphatic carbocycles. The van der Waals surface area contributed by atoms with Gasteiger partial charge in [0, 0.05) is 5.75 Å². The predicted octanol–water partition coefficient (Wildman–Crippen LogP) is 1.04. The Kier molecular flexibility index (Phi) is 2.45. The lowest BCUT2D eigenvalue weighted by Gasteiger charge is -2.32. The van der Waals surface area contributed by atoms with Crippen LogP contribution in [-0.4, -0.2) is 23.8 Å². The van der Waals surface area contributed by atoms with Crippen molar-refractivity contribution in [2.75, 3.05) is 12.0 Å². The highest BCUT2D eigenvalue weighted by Gasteiger charge is 2.57. The fourth-order valence-electron chi connectivity index (χ4n) is 1.47. The van der Waals surface area contributed by atoms with Crippen LogP contribution in [0.2, 0.25) is 0 Å². The Labute approximate surface area is 82.6 Å². The van der Waals surface area contributed by atoms with Crippen LogP contribution >= 0.6 is 11.8 Å². The fourth-order valence-corrected chi connectivity index (χ4v) is 2.54. The van der Waals surface area contributed by atoms with E-state index in [4.69, 9.17) is 0 Å². The molecule has 0 saturated carbocycles. The van der Waals surface area contributed by atoms with Gasteiger partial charge in [-0.2, -0.15) is 11.8 Å². The summed E-state index contributed by atoms with van der Waals surface area (Å²) < 4.78 is 0. The molecule has 1 aliphatic heterocycles. The number of imide groups is 1. The number of amides is 2. The molecule has 1 N–H and O–H groups in total. The summed E-state index contributed by atoms with van der Waals surface area (Å²) in [4.78, 5) is 23.0. The molecule has 1 rings (SSSR count). The molecule has 0 aromatic heterocycles. The van der Waals surface area contributed by atoms with Crippen molar-refractivity contribution in [2.24, 2.45) is 10.8 Å². The third kappa shape index (κ3) is 1.27. The molecule has 1 unspecified atom stereocenters. The molecule has 1 saturated heterocycles. The molecule has 1 heterocycles. The summed E-state index contributed by atoms with van der Waals surface area (Å²) in [6.07, 6.45) is 1.94. The zero-order valence-electron chi connectivity index (χ0n) is 8.43. The van der Waals surface area contributed by atoms with Gasteiger partial charge in [0.05, 0.1) is 10.8 Å². The third-order valence-corrected chi connectivity index (χ3v) is 3.97. The first kappa shape index (κ1) is 10.6. The monoisotopic (exact) mass is 201 g/mol. The molecule has 0 bridgehead atoms. The Hall–Kier alpha value is -0.510. The van der Waals surface area contributed by atoms with Crippen molar-refractivity contribution < 1.29 is 9.59 Å². The van der Waals surface area contributed by atoms with E-state index in [0.717, 1.165) is 0 Å². The molecule has 13 heavy (non-hydrogen) atoms. The van der Waals surface area contributed by atoms with Crippen LogP contribution in [0.3, 0.4) is 0 Å². The summed E-state index contributed by atoms with van der Waals surface area (Å²) in [5.74, 6) is 0.378. The number of carbonyl (C=O) groups excluding carboxylic acids is 2. The van der Waals surface area contributed by atoms with Gasteiger partial charge in [0.15, 0.2) is 0 Å². The SMILES string of the molecule is CSCC1(C)C(=O)NC(=O)C1(C)C. The number of hydrogen-bond acceptors (Lipinski definition) is 3. The first-order valence-corrected chi connectivity index (χ1v) is 5.60. The summed E-state index contributed by atoms with van der Waals surface area (Å²) in [5, 5.41) is 2.39. The second-order valence-electron chi connectivity index (χ2n) is 4.17. The van der Waals surface area contributed by atoms with E-state index < -0.39 is 10.8 Å². The van der Waals surface area contributed by atoms with E-state index in [9.17, 15) is 9.59 Å². The van der Waals surface area contributed by atoms with Gasteiger partial charge in [0.2, 0.25) is 11.8 Å². The summed E-state index contributed by atoms with van der Waals surface area (Å²) in [7, 11) is 0. The van der Waals surface area contributed by atoms with Gasteiger partial charge < -0.3 is 0 Å². The molecule has 0 aromatic carbocycles. The standard InChI is InChI=1S/C9H15NO2S/c1-8(2)6(11)10-7(12)9(8,3)5-13-4/h5H2,1-4H3,(H,10,11,12). The van der Waals surface area contributed by atoms with Crippen LogP contribution in [0.5, 0.6) is 0 Å². The van der Waals surface area contributed by atoms with Crippen LogP contribution in [0.4, 0.5) is 0 Å². The van der Waals surface area contributed by atoms with E-state index in [1.165, 1.54) is 0 Å². The quantitative estimate of drug-likeness (QED) is 0.679. The molecule has 1 aliphatic rings. The molecule has 0 aromatic rings. The topological polar surface area (TPSA) is 46.2 Å². The highest BCUT2D eigenvalue weighted by molar-refractivity contribution is 7.98. The van der Waals surface area contributed by atoms with Crippen LogP contribution in [0, 0.1) is 10.8 Å². The normalized spacial score (nSPS) is 32.0. The number of hydrogen-bond donors (Lipinski definition) is 1. The van der Waals surface area contributed by atoms with Gasteiger partial charge in [-0.05, 0) is 27.0 Å². The number of nitrogens with one attached hydrogen (secondary N) is 1. The van der Waals surface area contributed by atoms with Gasteiger partial charge in [-0.1, -0.05) is 0 Å². The molecule has 4 heteroatoms. The van der Waals surface area contributed by atoms with Crippen LogP contribution in [-0.2, 0) is 9.59 Å². The Morgan fingerprint density at radius 1 is 1.23 bits per heavy atom. The second-order valence-corrected chi connectivity index (χ2v) is 5.04. The Bertz CT molecular complexity index is 262. The summed E-state index contributed by atoms with van der Waals surface area (Å²) in [6, 6.07) is 0. The molecule has 1 atom stereocenters. The summed E-state index contributed by atoms with van der Waals surface area (Å²) in [6.45, 7) is 5.50. The van der Waals surface area contributed by atoms with Crippen molar-refractivity contribution in [3.8, 4) is 0 Å². The number of thioether (sulfide) groups is 1. The highest BCUT2D eigenvalue weighted by atomic mass is 32.2. The van der Waals surface area contributed by atoms with E-state index in [2.05, 4.69) is 5.32 Å². The lowest BCUT2D eigenvalue weighted by molar-refractivity contribution is -0.129. The van der Waals surface area contributed by atoms with Crippen molar-refractivity contribution in [1.82, 2.24) is 5.32 Å². The Morgan fingerprint density at radius 2 is 1.77 bits per heavy atom. The van der Waals surface area contributed by atoms with E-state index in [1.54, 1.807) is 11.8 Å². The molecule has 0 radical (unpaired) electrons.